The zero-order valence-corrected chi connectivity index (χ0v) is 13.0. The maximum Gasteiger partial charge on any atom is 0.128 e. The van der Waals surface area contributed by atoms with Crippen molar-refractivity contribution in [1.29, 1.82) is 0 Å². The molecule has 0 saturated heterocycles. The van der Waals surface area contributed by atoms with Crippen molar-refractivity contribution in [3.63, 3.8) is 0 Å². The topological polar surface area (TPSA) is 41.6 Å². The number of hydrogen-bond donors (Lipinski definition) is 1. The van der Waals surface area contributed by atoms with Crippen molar-refractivity contribution < 1.29 is 0 Å². The van der Waals surface area contributed by atoms with E-state index in [2.05, 4.69) is 58.3 Å². The molecule has 0 aliphatic rings. The van der Waals surface area contributed by atoms with Crippen LogP contribution in [-0.2, 0) is 6.42 Å². The van der Waals surface area contributed by atoms with Crippen molar-refractivity contribution >= 4 is 33.7 Å². The lowest BCUT2D eigenvalue weighted by Crippen LogP contribution is -1.88. The van der Waals surface area contributed by atoms with Crippen molar-refractivity contribution in [2.24, 2.45) is 0 Å². The van der Waals surface area contributed by atoms with Gasteiger partial charge >= 0.3 is 0 Å². The number of benzene rings is 2. The summed E-state index contributed by atoms with van der Waals surface area (Å²) in [6.45, 7) is 2.18. The lowest BCUT2D eigenvalue weighted by Gasteiger charge is -2.06. The molecule has 0 unspecified atom stereocenters. The third-order valence-corrected chi connectivity index (χ3v) is 4.94. The van der Waals surface area contributed by atoms with Gasteiger partial charge in [-0.3, -0.25) is 0 Å². The van der Waals surface area contributed by atoms with Crippen molar-refractivity contribution in [2.45, 2.75) is 23.3 Å². The molecule has 0 fully saturated rings. The summed E-state index contributed by atoms with van der Waals surface area (Å²) in [4.78, 5) is 13.7. The molecule has 22 heavy (non-hydrogen) atoms. The summed E-state index contributed by atoms with van der Waals surface area (Å²) in [6.07, 6.45) is 2.67. The molecule has 108 valence electrons. The van der Waals surface area contributed by atoms with Gasteiger partial charge < -0.3 is 4.98 Å². The predicted molar refractivity (Wildman–Crippen MR) is 91.3 cm³/mol. The maximum absolute atomic E-state index is 4.49. The average Bonchev–Trinajstić information content (AvgIpc) is 2.95. The Bertz CT molecular complexity index is 959. The first-order valence-corrected chi connectivity index (χ1v) is 8.15. The number of aryl methyl sites for hydroxylation is 1. The Morgan fingerprint density at radius 2 is 1.82 bits per heavy atom. The van der Waals surface area contributed by atoms with Gasteiger partial charge in [0.25, 0.3) is 0 Å². The Kier molecular flexibility index (Phi) is 3.31. The normalized spacial score (nSPS) is 11.3. The van der Waals surface area contributed by atoms with E-state index in [0.29, 0.717) is 0 Å². The Hall–Kier alpha value is -2.33. The first-order valence-electron chi connectivity index (χ1n) is 7.34. The van der Waals surface area contributed by atoms with E-state index in [1.165, 1.54) is 10.5 Å². The zero-order chi connectivity index (χ0) is 14.9. The van der Waals surface area contributed by atoms with E-state index in [4.69, 9.17) is 0 Å². The lowest BCUT2D eigenvalue weighted by molar-refractivity contribution is 1.06. The number of aromatic nitrogens is 3. The van der Waals surface area contributed by atoms with Gasteiger partial charge in [-0.05, 0) is 24.1 Å². The van der Waals surface area contributed by atoms with Gasteiger partial charge in [-0.2, -0.15) is 0 Å². The van der Waals surface area contributed by atoms with Crippen LogP contribution >= 0.6 is 11.8 Å². The van der Waals surface area contributed by atoms with E-state index in [1.807, 2.05) is 12.1 Å². The number of rotatable bonds is 3. The minimum atomic E-state index is 0.974. The Morgan fingerprint density at radius 1 is 1.00 bits per heavy atom. The van der Waals surface area contributed by atoms with Crippen LogP contribution in [0.4, 0.5) is 0 Å². The molecule has 0 saturated carbocycles. The van der Waals surface area contributed by atoms with Crippen molar-refractivity contribution in [2.75, 3.05) is 0 Å². The maximum atomic E-state index is 4.49. The van der Waals surface area contributed by atoms with Gasteiger partial charge in [0.1, 0.15) is 16.9 Å². The van der Waals surface area contributed by atoms with Gasteiger partial charge in [0.15, 0.2) is 0 Å². The highest BCUT2D eigenvalue weighted by Crippen LogP contribution is 2.35. The number of fused-ring (bicyclic) bond motifs is 3. The molecule has 0 spiro atoms. The minimum absolute atomic E-state index is 0.974. The molecular formula is C18H15N3S. The number of para-hydroxylation sites is 1. The number of hydrogen-bond acceptors (Lipinski definition) is 3. The summed E-state index contributed by atoms with van der Waals surface area (Å²) in [7, 11) is 0. The average molecular weight is 305 g/mol. The fourth-order valence-electron chi connectivity index (χ4n) is 2.70. The Balaban J connectivity index is 1.88. The fraction of sp³-hybridized carbons (Fsp3) is 0.111. The molecule has 0 aliphatic carbocycles. The molecule has 4 aromatic rings. The molecule has 4 heteroatoms. The highest BCUT2D eigenvalue weighted by Gasteiger charge is 2.12. The molecule has 1 N–H and O–H groups in total. The lowest BCUT2D eigenvalue weighted by atomic mass is 10.2. The molecule has 4 rings (SSSR count). The highest BCUT2D eigenvalue weighted by molar-refractivity contribution is 7.99. The molecule has 0 aliphatic heterocycles. The summed E-state index contributed by atoms with van der Waals surface area (Å²) in [5.74, 6) is 0. The molecule has 0 bridgehead atoms. The predicted octanol–water partition coefficient (Wildman–Crippen LogP) is 4.82. The van der Waals surface area contributed by atoms with Crippen LogP contribution in [0.25, 0.3) is 21.9 Å². The van der Waals surface area contributed by atoms with Gasteiger partial charge in [-0.15, -0.1) is 0 Å². The molecule has 0 radical (unpaired) electrons. The van der Waals surface area contributed by atoms with Crippen LogP contribution in [0.1, 0.15) is 12.5 Å². The van der Waals surface area contributed by atoms with Crippen LogP contribution in [0.2, 0.25) is 0 Å². The Morgan fingerprint density at radius 3 is 2.73 bits per heavy atom. The monoisotopic (exact) mass is 305 g/mol. The number of H-pyrrole nitrogens is 1. The van der Waals surface area contributed by atoms with Crippen molar-refractivity contribution in [3.05, 3.63) is 60.4 Å². The first kappa shape index (κ1) is 13.3. The van der Waals surface area contributed by atoms with E-state index in [0.717, 1.165) is 33.4 Å². The third-order valence-electron chi connectivity index (χ3n) is 3.81. The molecule has 0 atom stereocenters. The number of nitrogens with zero attached hydrogens (tertiary/aromatic N) is 2. The van der Waals surface area contributed by atoms with Crippen LogP contribution in [0, 0.1) is 0 Å². The Labute approximate surface area is 132 Å². The number of nitrogens with one attached hydrogen (secondary N) is 1. The molecule has 2 aromatic heterocycles. The summed E-state index contributed by atoms with van der Waals surface area (Å²) in [5.41, 5.74) is 4.45. The summed E-state index contributed by atoms with van der Waals surface area (Å²) >= 11 is 1.70. The third kappa shape index (κ3) is 2.16. The molecule has 0 amide bonds. The molecular weight excluding hydrogens is 290 g/mol. The standard InChI is InChI=1S/C18H15N3S/c1-2-12-7-3-6-10-15(12)22-18-17-16(19-11-20-18)13-8-4-5-9-14(13)21-17/h3-11,21H,2H2,1H3. The van der Waals surface area contributed by atoms with Crippen molar-refractivity contribution in [3.8, 4) is 0 Å². The first-order chi connectivity index (χ1) is 10.9. The van der Waals surface area contributed by atoms with Crippen LogP contribution in [0.15, 0.2) is 64.8 Å². The minimum Gasteiger partial charge on any atom is -0.351 e. The van der Waals surface area contributed by atoms with Crippen LogP contribution in [0.5, 0.6) is 0 Å². The summed E-state index contributed by atoms with van der Waals surface area (Å²) in [5, 5.41) is 2.12. The largest absolute Gasteiger partial charge is 0.351 e. The van der Waals surface area contributed by atoms with Crippen LogP contribution in [-0.4, -0.2) is 15.0 Å². The quantitative estimate of drug-likeness (QED) is 0.551. The van der Waals surface area contributed by atoms with E-state index in [1.54, 1.807) is 18.1 Å². The van der Waals surface area contributed by atoms with Gasteiger partial charge in [0.2, 0.25) is 0 Å². The van der Waals surface area contributed by atoms with Gasteiger partial charge in [-0.1, -0.05) is 55.1 Å². The second-order valence-electron chi connectivity index (χ2n) is 5.14. The van der Waals surface area contributed by atoms with Gasteiger partial charge in [0.05, 0.1) is 5.52 Å². The second-order valence-corrected chi connectivity index (χ2v) is 6.17. The SMILES string of the molecule is CCc1ccccc1Sc1ncnc2c1[nH]c1ccccc12. The molecule has 2 heterocycles. The number of aromatic amines is 1. The van der Waals surface area contributed by atoms with Crippen LogP contribution < -0.4 is 0 Å². The summed E-state index contributed by atoms with van der Waals surface area (Å²) in [6, 6.07) is 16.7. The smallest absolute Gasteiger partial charge is 0.128 e. The highest BCUT2D eigenvalue weighted by atomic mass is 32.2. The second kappa shape index (κ2) is 5.46. The summed E-state index contributed by atoms with van der Waals surface area (Å²) < 4.78 is 0. The van der Waals surface area contributed by atoms with Crippen molar-refractivity contribution in [1.82, 2.24) is 15.0 Å². The van der Waals surface area contributed by atoms with E-state index in [9.17, 15) is 0 Å². The molecule has 2 aromatic carbocycles. The van der Waals surface area contributed by atoms with E-state index >= 15 is 0 Å². The van der Waals surface area contributed by atoms with E-state index < -0.39 is 0 Å². The van der Waals surface area contributed by atoms with Crippen LogP contribution in [0.3, 0.4) is 0 Å². The van der Waals surface area contributed by atoms with Gasteiger partial charge in [0, 0.05) is 15.8 Å². The zero-order valence-electron chi connectivity index (χ0n) is 12.2. The fourth-order valence-corrected chi connectivity index (χ4v) is 3.74. The van der Waals surface area contributed by atoms with E-state index in [-0.39, 0.29) is 0 Å². The molecule has 3 nitrogen and oxygen atoms in total. The van der Waals surface area contributed by atoms with Gasteiger partial charge in [-0.25, -0.2) is 9.97 Å².